The molecule has 0 saturated heterocycles. The average molecular weight is 234 g/mol. The molecule has 2 aromatic rings. The van der Waals surface area contributed by atoms with Gasteiger partial charge in [0.05, 0.1) is 5.69 Å². The van der Waals surface area contributed by atoms with E-state index in [4.69, 9.17) is 5.73 Å². The van der Waals surface area contributed by atoms with Crippen molar-refractivity contribution in [2.24, 2.45) is 0 Å². The normalized spacial score (nSPS) is 10.3. The number of aromatic amines is 1. The van der Waals surface area contributed by atoms with Crippen molar-refractivity contribution in [3.8, 4) is 0 Å². The van der Waals surface area contributed by atoms with Gasteiger partial charge in [-0.2, -0.15) is 0 Å². The van der Waals surface area contributed by atoms with Crippen LogP contribution < -0.4 is 11.3 Å². The molecule has 3 N–H and O–H groups in total. The van der Waals surface area contributed by atoms with E-state index in [1.807, 2.05) is 13.0 Å². The Hall–Kier alpha value is -1.82. The molecule has 0 amide bonds. The molecule has 0 fully saturated rings. The fourth-order valence-electron chi connectivity index (χ4n) is 1.12. The molecular weight excluding hydrogens is 224 g/mol. The number of nitrogens with two attached hydrogens (primary N) is 1. The number of hydrogen-bond donors (Lipinski definition) is 2. The van der Waals surface area contributed by atoms with E-state index in [2.05, 4.69) is 15.0 Å². The maximum Gasteiger partial charge on any atom is 0.251 e. The Morgan fingerprint density at radius 1 is 1.38 bits per heavy atom. The number of aryl methyl sites for hydroxylation is 1. The lowest BCUT2D eigenvalue weighted by molar-refractivity contribution is 0.930. The van der Waals surface area contributed by atoms with Gasteiger partial charge in [-0.3, -0.25) is 4.79 Å². The summed E-state index contributed by atoms with van der Waals surface area (Å²) in [4.78, 5) is 22.0. The minimum Gasteiger partial charge on any atom is -0.397 e. The maximum absolute atomic E-state index is 11.1. The molecule has 2 heterocycles. The monoisotopic (exact) mass is 234 g/mol. The van der Waals surface area contributed by atoms with Gasteiger partial charge in [-0.1, -0.05) is 0 Å². The van der Waals surface area contributed by atoms with Crippen molar-refractivity contribution in [2.45, 2.75) is 17.1 Å². The summed E-state index contributed by atoms with van der Waals surface area (Å²) >= 11 is 1.24. The van der Waals surface area contributed by atoms with Crippen LogP contribution in [0.4, 0.5) is 5.69 Å². The van der Waals surface area contributed by atoms with Gasteiger partial charge in [0.2, 0.25) is 0 Å². The molecule has 0 radical (unpaired) electrons. The predicted octanol–water partition coefficient (Wildman–Crippen LogP) is 1.21. The number of H-pyrrole nitrogens is 1. The van der Waals surface area contributed by atoms with Crippen molar-refractivity contribution in [1.29, 1.82) is 0 Å². The Bertz CT molecular complexity index is 567. The number of nitrogens with zero attached hydrogens (tertiary/aromatic N) is 2. The molecule has 0 aliphatic rings. The first-order chi connectivity index (χ1) is 7.65. The number of nitrogens with one attached hydrogen (secondary N) is 1. The molecule has 2 aromatic heterocycles. The number of anilines is 1. The van der Waals surface area contributed by atoms with Crippen LogP contribution in [0.1, 0.15) is 5.69 Å². The first-order valence-electron chi connectivity index (χ1n) is 4.61. The van der Waals surface area contributed by atoms with Crippen molar-refractivity contribution in [3.63, 3.8) is 0 Å². The molecule has 5 nitrogen and oxygen atoms in total. The lowest BCUT2D eigenvalue weighted by atomic mass is 10.3. The highest BCUT2D eigenvalue weighted by molar-refractivity contribution is 7.99. The highest BCUT2D eigenvalue weighted by atomic mass is 32.2. The Balaban J connectivity index is 2.33. The summed E-state index contributed by atoms with van der Waals surface area (Å²) in [5.74, 6) is 0. The quantitative estimate of drug-likeness (QED) is 0.763. The lowest BCUT2D eigenvalue weighted by Gasteiger charge is -2.03. The van der Waals surface area contributed by atoms with Gasteiger partial charge in [0.25, 0.3) is 5.56 Å². The van der Waals surface area contributed by atoms with Crippen LogP contribution in [-0.2, 0) is 0 Å². The highest BCUT2D eigenvalue weighted by Crippen LogP contribution is 2.26. The summed E-state index contributed by atoms with van der Waals surface area (Å²) < 4.78 is 0. The smallest absolute Gasteiger partial charge is 0.251 e. The van der Waals surface area contributed by atoms with Crippen molar-refractivity contribution in [1.82, 2.24) is 15.0 Å². The van der Waals surface area contributed by atoms with Gasteiger partial charge in [-0.25, -0.2) is 9.97 Å². The van der Waals surface area contributed by atoms with Gasteiger partial charge < -0.3 is 10.7 Å². The van der Waals surface area contributed by atoms with E-state index in [0.29, 0.717) is 15.9 Å². The van der Waals surface area contributed by atoms with Crippen LogP contribution in [0.2, 0.25) is 0 Å². The molecule has 2 rings (SSSR count). The molecule has 0 saturated carbocycles. The van der Waals surface area contributed by atoms with E-state index >= 15 is 0 Å². The number of hydrogen-bond acceptors (Lipinski definition) is 5. The second kappa shape index (κ2) is 4.36. The second-order valence-corrected chi connectivity index (χ2v) is 4.17. The first-order valence-corrected chi connectivity index (χ1v) is 5.43. The van der Waals surface area contributed by atoms with E-state index < -0.39 is 0 Å². The zero-order chi connectivity index (χ0) is 11.5. The zero-order valence-electron chi connectivity index (χ0n) is 8.60. The fourth-order valence-corrected chi connectivity index (χ4v) is 1.94. The summed E-state index contributed by atoms with van der Waals surface area (Å²) in [7, 11) is 0. The van der Waals surface area contributed by atoms with Gasteiger partial charge in [-0.05, 0) is 30.8 Å². The van der Waals surface area contributed by atoms with Crippen molar-refractivity contribution in [3.05, 3.63) is 40.4 Å². The maximum atomic E-state index is 11.1. The predicted molar refractivity (Wildman–Crippen MR) is 62.4 cm³/mol. The SMILES string of the molecule is Cc1ccc(N)c(Sc2nccc(=O)[nH]2)n1. The zero-order valence-corrected chi connectivity index (χ0v) is 9.41. The minimum absolute atomic E-state index is 0.191. The van der Waals surface area contributed by atoms with E-state index in [1.54, 1.807) is 6.07 Å². The van der Waals surface area contributed by atoms with E-state index in [-0.39, 0.29) is 5.56 Å². The molecule has 0 unspecified atom stereocenters. The summed E-state index contributed by atoms with van der Waals surface area (Å²) in [6.45, 7) is 1.88. The molecule has 16 heavy (non-hydrogen) atoms. The highest BCUT2D eigenvalue weighted by Gasteiger charge is 2.05. The molecular formula is C10H10N4OS. The van der Waals surface area contributed by atoms with E-state index in [1.165, 1.54) is 24.0 Å². The number of rotatable bonds is 2. The molecule has 0 aromatic carbocycles. The van der Waals surface area contributed by atoms with Crippen LogP contribution in [0.15, 0.2) is 39.4 Å². The van der Waals surface area contributed by atoms with Crippen LogP contribution in [-0.4, -0.2) is 15.0 Å². The van der Waals surface area contributed by atoms with Crippen LogP contribution in [0.3, 0.4) is 0 Å². The summed E-state index contributed by atoms with van der Waals surface area (Å²) in [6, 6.07) is 4.98. The van der Waals surface area contributed by atoms with E-state index in [0.717, 1.165) is 5.69 Å². The van der Waals surface area contributed by atoms with E-state index in [9.17, 15) is 4.79 Å². The summed E-state index contributed by atoms with van der Waals surface area (Å²) in [6.07, 6.45) is 1.45. The van der Waals surface area contributed by atoms with Gasteiger partial charge in [0.15, 0.2) is 5.16 Å². The number of aromatic nitrogens is 3. The van der Waals surface area contributed by atoms with Crippen LogP contribution in [0.25, 0.3) is 0 Å². The van der Waals surface area contributed by atoms with Gasteiger partial charge in [-0.15, -0.1) is 0 Å². The van der Waals surface area contributed by atoms with Crippen LogP contribution in [0.5, 0.6) is 0 Å². The fraction of sp³-hybridized carbons (Fsp3) is 0.100. The molecule has 0 atom stereocenters. The van der Waals surface area contributed by atoms with Crippen LogP contribution >= 0.6 is 11.8 Å². The Morgan fingerprint density at radius 3 is 2.94 bits per heavy atom. The molecule has 0 aliphatic heterocycles. The molecule has 6 heteroatoms. The molecule has 0 bridgehead atoms. The summed E-state index contributed by atoms with van der Waals surface area (Å²) in [5, 5.41) is 1.13. The standard InChI is InChI=1S/C10H10N4OS/c1-6-2-3-7(11)9(13-6)16-10-12-5-4-8(15)14-10/h2-5H,11H2,1H3,(H,12,14,15). The topological polar surface area (TPSA) is 84.7 Å². The molecule has 82 valence electrons. The third kappa shape index (κ3) is 2.40. The number of pyridine rings is 1. The van der Waals surface area contributed by atoms with Crippen molar-refractivity contribution < 1.29 is 0 Å². The van der Waals surface area contributed by atoms with Crippen molar-refractivity contribution in [2.75, 3.05) is 5.73 Å². The second-order valence-electron chi connectivity index (χ2n) is 3.19. The largest absolute Gasteiger partial charge is 0.397 e. The minimum atomic E-state index is -0.191. The third-order valence-electron chi connectivity index (χ3n) is 1.87. The first kappa shape index (κ1) is 10.7. The van der Waals surface area contributed by atoms with Gasteiger partial charge in [0, 0.05) is 18.0 Å². The Morgan fingerprint density at radius 2 is 2.19 bits per heavy atom. The van der Waals surface area contributed by atoms with Crippen molar-refractivity contribution >= 4 is 17.4 Å². The third-order valence-corrected chi connectivity index (χ3v) is 2.79. The lowest BCUT2D eigenvalue weighted by Crippen LogP contribution is -2.05. The Labute approximate surface area is 96.1 Å². The Kier molecular flexibility index (Phi) is 2.91. The number of nitrogen functional groups attached to an aromatic ring is 1. The van der Waals surface area contributed by atoms with Crippen LogP contribution in [0, 0.1) is 6.92 Å². The molecule has 0 aliphatic carbocycles. The molecule has 0 spiro atoms. The van der Waals surface area contributed by atoms with Gasteiger partial charge in [0.1, 0.15) is 5.03 Å². The van der Waals surface area contributed by atoms with Gasteiger partial charge >= 0.3 is 0 Å². The average Bonchev–Trinajstić information content (AvgIpc) is 2.24. The summed E-state index contributed by atoms with van der Waals surface area (Å²) in [5.41, 5.74) is 7.02.